The molecular formula is C17H27BrIN3O2. The van der Waals surface area contributed by atoms with Crippen molar-refractivity contribution in [2.45, 2.75) is 25.0 Å². The number of rotatable bonds is 5. The summed E-state index contributed by atoms with van der Waals surface area (Å²) in [5.74, 6) is 0.871. The number of hydrogen-bond donors (Lipinski definition) is 1. The van der Waals surface area contributed by atoms with Gasteiger partial charge in [-0.15, -0.1) is 24.0 Å². The van der Waals surface area contributed by atoms with Crippen LogP contribution in [0.4, 0.5) is 0 Å². The number of halogens is 2. The maximum Gasteiger partial charge on any atom is 0.193 e. The van der Waals surface area contributed by atoms with Gasteiger partial charge in [0.25, 0.3) is 0 Å². The largest absolute Gasteiger partial charge is 0.381 e. The first kappa shape index (κ1) is 21.7. The van der Waals surface area contributed by atoms with E-state index in [0.717, 1.165) is 49.6 Å². The van der Waals surface area contributed by atoms with E-state index >= 15 is 0 Å². The standard InChI is InChI=1S/C17H26BrN3O2.HI/c1-19-16(20-13-17(22-3)8-10-23-11-9-17)21(2)12-14-4-6-15(18)7-5-14;/h4-7H,8-13H2,1-3H3,(H,19,20);1H. The summed E-state index contributed by atoms with van der Waals surface area (Å²) in [4.78, 5) is 6.50. The number of methoxy groups -OCH3 is 1. The van der Waals surface area contributed by atoms with E-state index < -0.39 is 0 Å². The third kappa shape index (κ3) is 6.16. The van der Waals surface area contributed by atoms with Crippen LogP contribution in [-0.4, -0.2) is 57.4 Å². The molecule has 1 saturated heterocycles. The van der Waals surface area contributed by atoms with E-state index in [1.165, 1.54) is 5.56 Å². The van der Waals surface area contributed by atoms with Crippen LogP contribution in [0.15, 0.2) is 33.7 Å². The maximum atomic E-state index is 5.76. The third-order valence-corrected chi connectivity index (χ3v) is 4.84. The van der Waals surface area contributed by atoms with Gasteiger partial charge in [0.15, 0.2) is 5.96 Å². The van der Waals surface area contributed by atoms with Crippen molar-refractivity contribution in [2.75, 3.05) is 41.0 Å². The number of benzene rings is 1. The lowest BCUT2D eigenvalue weighted by molar-refractivity contribution is -0.0857. The van der Waals surface area contributed by atoms with Crippen LogP contribution < -0.4 is 5.32 Å². The van der Waals surface area contributed by atoms with Crippen LogP contribution in [-0.2, 0) is 16.0 Å². The molecule has 0 unspecified atom stereocenters. The highest BCUT2D eigenvalue weighted by atomic mass is 127. The van der Waals surface area contributed by atoms with Crippen molar-refractivity contribution >= 4 is 45.9 Å². The van der Waals surface area contributed by atoms with E-state index in [1.54, 1.807) is 7.11 Å². The second-order valence-corrected chi connectivity index (χ2v) is 6.80. The zero-order chi connectivity index (χ0) is 16.7. The third-order valence-electron chi connectivity index (χ3n) is 4.31. The Labute approximate surface area is 170 Å². The summed E-state index contributed by atoms with van der Waals surface area (Å²) in [6.45, 7) is 3.05. The summed E-state index contributed by atoms with van der Waals surface area (Å²) in [5, 5.41) is 3.45. The lowest BCUT2D eigenvalue weighted by Gasteiger charge is -2.37. The van der Waals surface area contributed by atoms with E-state index in [0.29, 0.717) is 0 Å². The van der Waals surface area contributed by atoms with Gasteiger partial charge in [-0.1, -0.05) is 28.1 Å². The minimum absolute atomic E-state index is 0. The van der Waals surface area contributed by atoms with E-state index in [4.69, 9.17) is 9.47 Å². The second-order valence-electron chi connectivity index (χ2n) is 5.88. The topological polar surface area (TPSA) is 46.1 Å². The summed E-state index contributed by atoms with van der Waals surface area (Å²) < 4.78 is 12.3. The molecule has 24 heavy (non-hydrogen) atoms. The fraction of sp³-hybridized carbons (Fsp3) is 0.588. The Balaban J connectivity index is 0.00000288. The highest BCUT2D eigenvalue weighted by Gasteiger charge is 2.32. The predicted octanol–water partition coefficient (Wildman–Crippen LogP) is 3.27. The zero-order valence-corrected chi connectivity index (χ0v) is 18.5. The van der Waals surface area contributed by atoms with Crippen LogP contribution in [0.5, 0.6) is 0 Å². The summed E-state index contributed by atoms with van der Waals surface area (Å²) in [7, 11) is 5.63. The van der Waals surface area contributed by atoms with Gasteiger partial charge in [0.1, 0.15) is 0 Å². The molecule has 1 fully saturated rings. The van der Waals surface area contributed by atoms with E-state index in [1.807, 2.05) is 14.1 Å². The minimum atomic E-state index is -0.160. The molecule has 1 aromatic rings. The van der Waals surface area contributed by atoms with E-state index in [-0.39, 0.29) is 29.6 Å². The highest BCUT2D eigenvalue weighted by molar-refractivity contribution is 14.0. The molecule has 0 aliphatic carbocycles. The van der Waals surface area contributed by atoms with Gasteiger partial charge in [-0.3, -0.25) is 4.99 Å². The maximum absolute atomic E-state index is 5.76. The van der Waals surface area contributed by atoms with Crippen molar-refractivity contribution in [1.82, 2.24) is 10.2 Å². The van der Waals surface area contributed by atoms with Gasteiger partial charge in [0.05, 0.1) is 5.60 Å². The first-order valence-electron chi connectivity index (χ1n) is 7.88. The van der Waals surface area contributed by atoms with Gasteiger partial charge in [0.2, 0.25) is 0 Å². The number of nitrogens with zero attached hydrogens (tertiary/aromatic N) is 2. The average Bonchev–Trinajstić information content (AvgIpc) is 2.58. The molecule has 0 aromatic heterocycles. The number of ether oxygens (including phenoxy) is 2. The smallest absolute Gasteiger partial charge is 0.193 e. The van der Waals surface area contributed by atoms with Crippen LogP contribution >= 0.6 is 39.9 Å². The molecule has 1 aliphatic heterocycles. The summed E-state index contributed by atoms with van der Waals surface area (Å²) in [6, 6.07) is 8.34. The Kier molecular flexibility index (Phi) is 9.54. The van der Waals surface area contributed by atoms with Crippen molar-refractivity contribution in [3.05, 3.63) is 34.3 Å². The van der Waals surface area contributed by atoms with Crippen molar-refractivity contribution in [3.63, 3.8) is 0 Å². The van der Waals surface area contributed by atoms with E-state index in [9.17, 15) is 0 Å². The van der Waals surface area contributed by atoms with Crippen LogP contribution in [0.1, 0.15) is 18.4 Å². The molecule has 0 amide bonds. The van der Waals surface area contributed by atoms with Gasteiger partial charge in [-0.05, 0) is 17.7 Å². The van der Waals surface area contributed by atoms with Crippen LogP contribution in [0.3, 0.4) is 0 Å². The van der Waals surface area contributed by atoms with Crippen molar-refractivity contribution in [3.8, 4) is 0 Å². The molecule has 1 aromatic carbocycles. The Morgan fingerprint density at radius 1 is 1.33 bits per heavy atom. The quantitative estimate of drug-likeness (QED) is 0.374. The number of hydrogen-bond acceptors (Lipinski definition) is 3. The number of aliphatic imine (C=N–C) groups is 1. The molecule has 1 heterocycles. The van der Waals surface area contributed by atoms with Crippen LogP contribution in [0.25, 0.3) is 0 Å². The lowest BCUT2D eigenvalue weighted by Crippen LogP contribution is -2.50. The SMILES string of the molecule is CN=C(NCC1(OC)CCOCC1)N(C)Cc1ccc(Br)cc1.I. The van der Waals surface area contributed by atoms with E-state index in [2.05, 4.69) is 55.4 Å². The van der Waals surface area contributed by atoms with Gasteiger partial charge in [-0.2, -0.15) is 0 Å². The van der Waals surface area contributed by atoms with Crippen molar-refractivity contribution in [2.24, 2.45) is 4.99 Å². The van der Waals surface area contributed by atoms with Gasteiger partial charge >= 0.3 is 0 Å². The average molecular weight is 512 g/mol. The van der Waals surface area contributed by atoms with Crippen molar-refractivity contribution < 1.29 is 9.47 Å². The molecule has 1 N–H and O–H groups in total. The molecule has 0 bridgehead atoms. The first-order chi connectivity index (χ1) is 11.1. The molecule has 136 valence electrons. The zero-order valence-electron chi connectivity index (χ0n) is 14.5. The molecule has 0 spiro atoms. The molecule has 5 nitrogen and oxygen atoms in total. The first-order valence-corrected chi connectivity index (χ1v) is 8.67. The van der Waals surface area contributed by atoms with Gasteiger partial charge in [0, 0.05) is 64.8 Å². The Hall–Kier alpha value is -0.380. The molecule has 2 rings (SSSR count). The lowest BCUT2D eigenvalue weighted by atomic mass is 9.94. The second kappa shape index (κ2) is 10.6. The molecule has 1 aliphatic rings. The number of guanidine groups is 1. The van der Waals surface area contributed by atoms with Crippen molar-refractivity contribution in [1.29, 1.82) is 0 Å². The molecule has 0 saturated carbocycles. The fourth-order valence-corrected chi connectivity index (χ4v) is 3.02. The Morgan fingerprint density at radius 2 is 1.96 bits per heavy atom. The molecule has 7 heteroatoms. The van der Waals surface area contributed by atoms with Gasteiger partial charge in [-0.25, -0.2) is 0 Å². The molecular weight excluding hydrogens is 485 g/mol. The molecule has 0 radical (unpaired) electrons. The highest BCUT2D eigenvalue weighted by Crippen LogP contribution is 2.23. The summed E-state index contributed by atoms with van der Waals surface area (Å²) in [6.07, 6.45) is 1.81. The Morgan fingerprint density at radius 3 is 2.50 bits per heavy atom. The van der Waals surface area contributed by atoms with Crippen LogP contribution in [0, 0.1) is 0 Å². The minimum Gasteiger partial charge on any atom is -0.381 e. The monoisotopic (exact) mass is 511 g/mol. The molecule has 0 atom stereocenters. The summed E-state index contributed by atoms with van der Waals surface area (Å²) in [5.41, 5.74) is 1.08. The summed E-state index contributed by atoms with van der Waals surface area (Å²) >= 11 is 3.46. The predicted molar refractivity (Wildman–Crippen MR) is 112 cm³/mol. The Bertz CT molecular complexity index is 519. The normalized spacial score (nSPS) is 17.1. The number of nitrogens with one attached hydrogen (secondary N) is 1. The van der Waals surface area contributed by atoms with Gasteiger partial charge < -0.3 is 19.7 Å². The van der Waals surface area contributed by atoms with Crippen LogP contribution in [0.2, 0.25) is 0 Å². The fourth-order valence-electron chi connectivity index (χ4n) is 2.76.